The first-order valence-electron chi connectivity index (χ1n) is 5.52. The quantitative estimate of drug-likeness (QED) is 0.841. The zero-order chi connectivity index (χ0) is 13.1. The maximum absolute atomic E-state index is 5.73. The molecule has 1 aromatic heterocycles. The summed E-state index contributed by atoms with van der Waals surface area (Å²) < 4.78 is 10.9. The highest BCUT2D eigenvalue weighted by Crippen LogP contribution is 2.32. The normalized spacial score (nSPS) is 10.2. The summed E-state index contributed by atoms with van der Waals surface area (Å²) in [4.78, 5) is 8.39. The SMILES string of the molecule is COc1ccc(N)cc1Oc1cc(C)nc(C)n1. The van der Waals surface area contributed by atoms with Crippen molar-refractivity contribution in [1.29, 1.82) is 0 Å². The minimum Gasteiger partial charge on any atom is -0.493 e. The number of nitrogen functional groups attached to an aromatic ring is 1. The van der Waals surface area contributed by atoms with Gasteiger partial charge in [-0.1, -0.05) is 0 Å². The molecule has 0 fully saturated rings. The van der Waals surface area contributed by atoms with Crippen LogP contribution in [0.3, 0.4) is 0 Å². The highest BCUT2D eigenvalue weighted by molar-refractivity contribution is 5.52. The summed E-state index contributed by atoms with van der Waals surface area (Å²) >= 11 is 0. The number of methoxy groups -OCH3 is 1. The van der Waals surface area contributed by atoms with E-state index < -0.39 is 0 Å². The van der Waals surface area contributed by atoms with Crippen LogP contribution in [-0.2, 0) is 0 Å². The zero-order valence-electron chi connectivity index (χ0n) is 10.6. The summed E-state index contributed by atoms with van der Waals surface area (Å²) in [5.74, 6) is 2.28. The Labute approximate surface area is 106 Å². The Hall–Kier alpha value is -2.30. The summed E-state index contributed by atoms with van der Waals surface area (Å²) in [5.41, 5.74) is 7.18. The van der Waals surface area contributed by atoms with Gasteiger partial charge >= 0.3 is 0 Å². The van der Waals surface area contributed by atoms with Gasteiger partial charge in [0.2, 0.25) is 5.88 Å². The van der Waals surface area contributed by atoms with Crippen molar-refractivity contribution in [2.24, 2.45) is 0 Å². The van der Waals surface area contributed by atoms with Crippen LogP contribution in [0.25, 0.3) is 0 Å². The topological polar surface area (TPSA) is 70.3 Å². The molecule has 0 aliphatic heterocycles. The average molecular weight is 245 g/mol. The Bertz CT molecular complexity index is 550. The molecule has 2 rings (SSSR count). The van der Waals surface area contributed by atoms with Crippen LogP contribution in [0, 0.1) is 13.8 Å². The lowest BCUT2D eigenvalue weighted by molar-refractivity contribution is 0.373. The lowest BCUT2D eigenvalue weighted by Crippen LogP contribution is -1.97. The summed E-state index contributed by atoms with van der Waals surface area (Å²) in [6.07, 6.45) is 0. The number of nitrogens with two attached hydrogens (primary N) is 1. The zero-order valence-corrected chi connectivity index (χ0v) is 10.6. The fourth-order valence-corrected chi connectivity index (χ4v) is 1.62. The highest BCUT2D eigenvalue weighted by Gasteiger charge is 2.08. The smallest absolute Gasteiger partial charge is 0.222 e. The number of benzene rings is 1. The van der Waals surface area contributed by atoms with Crippen molar-refractivity contribution in [1.82, 2.24) is 9.97 Å². The van der Waals surface area contributed by atoms with Crippen LogP contribution in [0.2, 0.25) is 0 Å². The standard InChI is InChI=1S/C13H15N3O2/c1-8-6-13(16-9(2)15-8)18-12-7-10(14)4-5-11(12)17-3/h4-7H,14H2,1-3H3. The number of anilines is 1. The summed E-state index contributed by atoms with van der Waals surface area (Å²) in [6, 6.07) is 6.97. The van der Waals surface area contributed by atoms with Gasteiger partial charge in [-0.3, -0.25) is 0 Å². The van der Waals surface area contributed by atoms with E-state index in [1.807, 2.05) is 13.8 Å². The molecule has 2 N–H and O–H groups in total. The third-order valence-electron chi connectivity index (χ3n) is 2.34. The van der Waals surface area contributed by atoms with Gasteiger partial charge in [-0.25, -0.2) is 4.98 Å². The van der Waals surface area contributed by atoms with Gasteiger partial charge < -0.3 is 15.2 Å². The predicted octanol–water partition coefficient (Wildman–Crippen LogP) is 2.48. The molecule has 0 spiro atoms. The van der Waals surface area contributed by atoms with Crippen LogP contribution in [0.4, 0.5) is 5.69 Å². The van der Waals surface area contributed by atoms with E-state index in [-0.39, 0.29) is 0 Å². The molecule has 5 nitrogen and oxygen atoms in total. The van der Waals surface area contributed by atoms with Crippen molar-refractivity contribution in [2.75, 3.05) is 12.8 Å². The highest BCUT2D eigenvalue weighted by atomic mass is 16.5. The second-order valence-electron chi connectivity index (χ2n) is 3.91. The number of rotatable bonds is 3. The second-order valence-corrected chi connectivity index (χ2v) is 3.91. The van der Waals surface area contributed by atoms with Crippen molar-refractivity contribution >= 4 is 5.69 Å². The van der Waals surface area contributed by atoms with E-state index in [0.717, 1.165) is 5.69 Å². The van der Waals surface area contributed by atoms with E-state index in [4.69, 9.17) is 15.2 Å². The minimum absolute atomic E-state index is 0.476. The summed E-state index contributed by atoms with van der Waals surface area (Å²) in [5, 5.41) is 0. The Balaban J connectivity index is 2.35. The fourth-order valence-electron chi connectivity index (χ4n) is 1.62. The van der Waals surface area contributed by atoms with Gasteiger partial charge in [0.15, 0.2) is 11.5 Å². The number of hydrogen-bond acceptors (Lipinski definition) is 5. The Morgan fingerprint density at radius 3 is 2.50 bits per heavy atom. The van der Waals surface area contributed by atoms with Crippen LogP contribution in [-0.4, -0.2) is 17.1 Å². The van der Waals surface area contributed by atoms with Crippen molar-refractivity contribution < 1.29 is 9.47 Å². The monoisotopic (exact) mass is 245 g/mol. The van der Waals surface area contributed by atoms with E-state index in [1.54, 1.807) is 31.4 Å². The van der Waals surface area contributed by atoms with E-state index in [0.29, 0.717) is 28.9 Å². The molecule has 5 heteroatoms. The number of hydrogen-bond donors (Lipinski definition) is 1. The van der Waals surface area contributed by atoms with Crippen LogP contribution < -0.4 is 15.2 Å². The molecule has 0 aliphatic rings. The molecule has 0 saturated carbocycles. The molecule has 1 heterocycles. The second kappa shape index (κ2) is 4.91. The number of aryl methyl sites for hydroxylation is 2. The van der Waals surface area contributed by atoms with Crippen LogP contribution in [0.5, 0.6) is 17.4 Å². The van der Waals surface area contributed by atoms with Gasteiger partial charge in [0.05, 0.1) is 7.11 Å². The summed E-state index contributed by atoms with van der Waals surface area (Å²) in [7, 11) is 1.58. The third-order valence-corrected chi connectivity index (χ3v) is 2.34. The molecule has 0 bridgehead atoms. The van der Waals surface area contributed by atoms with Crippen molar-refractivity contribution in [3.63, 3.8) is 0 Å². The number of nitrogens with zero attached hydrogens (tertiary/aromatic N) is 2. The van der Waals surface area contributed by atoms with Crippen LogP contribution in [0.1, 0.15) is 11.5 Å². The molecule has 0 saturated heterocycles. The largest absolute Gasteiger partial charge is 0.493 e. The Morgan fingerprint density at radius 1 is 1.06 bits per heavy atom. The van der Waals surface area contributed by atoms with Crippen molar-refractivity contribution in [3.8, 4) is 17.4 Å². The van der Waals surface area contributed by atoms with Gasteiger partial charge in [0.25, 0.3) is 0 Å². The maximum atomic E-state index is 5.73. The number of ether oxygens (including phenoxy) is 2. The molecule has 0 atom stereocenters. The van der Waals surface area contributed by atoms with Crippen LogP contribution in [0.15, 0.2) is 24.3 Å². The van der Waals surface area contributed by atoms with Gasteiger partial charge in [-0.15, -0.1) is 0 Å². The van der Waals surface area contributed by atoms with E-state index in [9.17, 15) is 0 Å². The van der Waals surface area contributed by atoms with Gasteiger partial charge in [-0.2, -0.15) is 4.98 Å². The molecule has 0 amide bonds. The van der Waals surface area contributed by atoms with Gasteiger partial charge in [0.1, 0.15) is 5.82 Å². The maximum Gasteiger partial charge on any atom is 0.222 e. The average Bonchev–Trinajstić information content (AvgIpc) is 2.27. The number of aromatic nitrogens is 2. The molecule has 94 valence electrons. The fraction of sp³-hybridized carbons (Fsp3) is 0.231. The first-order chi connectivity index (χ1) is 8.58. The molecule has 1 aromatic carbocycles. The van der Waals surface area contributed by atoms with Crippen LogP contribution >= 0.6 is 0 Å². The Kier molecular flexibility index (Phi) is 3.32. The van der Waals surface area contributed by atoms with E-state index >= 15 is 0 Å². The van der Waals surface area contributed by atoms with Gasteiger partial charge in [-0.05, 0) is 26.0 Å². The minimum atomic E-state index is 0.476. The Morgan fingerprint density at radius 2 is 1.83 bits per heavy atom. The predicted molar refractivity (Wildman–Crippen MR) is 69.0 cm³/mol. The lowest BCUT2D eigenvalue weighted by atomic mass is 10.3. The first-order valence-corrected chi connectivity index (χ1v) is 5.52. The molecule has 18 heavy (non-hydrogen) atoms. The summed E-state index contributed by atoms with van der Waals surface area (Å²) in [6.45, 7) is 3.70. The van der Waals surface area contributed by atoms with E-state index in [2.05, 4.69) is 9.97 Å². The molecular formula is C13H15N3O2. The first kappa shape index (κ1) is 12.2. The molecule has 2 aromatic rings. The molecule has 0 radical (unpaired) electrons. The molecular weight excluding hydrogens is 230 g/mol. The van der Waals surface area contributed by atoms with Crippen molar-refractivity contribution in [2.45, 2.75) is 13.8 Å². The molecule has 0 aliphatic carbocycles. The lowest BCUT2D eigenvalue weighted by Gasteiger charge is -2.10. The van der Waals surface area contributed by atoms with Crippen molar-refractivity contribution in [3.05, 3.63) is 35.8 Å². The van der Waals surface area contributed by atoms with E-state index in [1.165, 1.54) is 0 Å². The third kappa shape index (κ3) is 2.68. The van der Waals surface area contributed by atoms with Gasteiger partial charge in [0, 0.05) is 23.5 Å². The molecule has 0 unspecified atom stereocenters.